The van der Waals surface area contributed by atoms with Crippen molar-refractivity contribution < 1.29 is 0 Å². The van der Waals surface area contributed by atoms with Crippen LogP contribution in [-0.4, -0.2) is 20.0 Å². The van der Waals surface area contributed by atoms with E-state index in [1.54, 1.807) is 10.9 Å². The van der Waals surface area contributed by atoms with Crippen LogP contribution in [0.1, 0.15) is 5.69 Å². The van der Waals surface area contributed by atoms with Gasteiger partial charge in [0.05, 0.1) is 5.69 Å². The Hall–Kier alpha value is -1.58. The number of aromatic amines is 1. The summed E-state index contributed by atoms with van der Waals surface area (Å²) in [5.41, 5.74) is 3.03. The van der Waals surface area contributed by atoms with Crippen molar-refractivity contribution in [3.05, 3.63) is 24.0 Å². The van der Waals surface area contributed by atoms with E-state index in [9.17, 15) is 0 Å². The van der Waals surface area contributed by atoms with Crippen molar-refractivity contribution in [1.29, 1.82) is 0 Å². The minimum absolute atomic E-state index is 0.938. The Morgan fingerprint density at radius 2 is 2.33 bits per heavy atom. The fraction of sp³-hybridized carbons (Fsp3) is 0.250. The third-order valence-corrected chi connectivity index (χ3v) is 1.79. The van der Waals surface area contributed by atoms with Gasteiger partial charge in [-0.3, -0.25) is 9.78 Å². The van der Waals surface area contributed by atoms with Gasteiger partial charge in [0, 0.05) is 18.9 Å². The van der Waals surface area contributed by atoms with E-state index in [0.29, 0.717) is 0 Å². The Balaban J connectivity index is 2.50. The summed E-state index contributed by atoms with van der Waals surface area (Å²) < 4.78 is 1.80. The smallest absolute Gasteiger partial charge is 0.110 e. The van der Waals surface area contributed by atoms with Crippen molar-refractivity contribution in [1.82, 2.24) is 20.0 Å². The summed E-state index contributed by atoms with van der Waals surface area (Å²) in [7, 11) is 1.90. The van der Waals surface area contributed by atoms with Crippen LogP contribution in [0.15, 0.2) is 18.3 Å². The Bertz CT molecular complexity index is 385. The van der Waals surface area contributed by atoms with Crippen molar-refractivity contribution >= 4 is 0 Å². The molecule has 0 bridgehead atoms. The lowest BCUT2D eigenvalue weighted by atomic mass is 10.3. The van der Waals surface area contributed by atoms with Crippen LogP contribution in [0.25, 0.3) is 11.4 Å². The maximum absolute atomic E-state index is 4.13. The van der Waals surface area contributed by atoms with Crippen molar-refractivity contribution in [3.63, 3.8) is 0 Å². The van der Waals surface area contributed by atoms with E-state index in [1.807, 2.05) is 26.1 Å². The molecule has 0 saturated carbocycles. The first-order valence-corrected chi connectivity index (χ1v) is 3.78. The second kappa shape index (κ2) is 2.48. The number of H-pyrrole nitrogens is 1. The molecule has 4 nitrogen and oxygen atoms in total. The summed E-state index contributed by atoms with van der Waals surface area (Å²) in [6.07, 6.45) is 1.76. The molecule has 0 aliphatic rings. The topological polar surface area (TPSA) is 46.5 Å². The predicted molar refractivity (Wildman–Crippen MR) is 45.5 cm³/mol. The Kier molecular flexibility index (Phi) is 1.46. The van der Waals surface area contributed by atoms with Gasteiger partial charge in [-0.1, -0.05) is 0 Å². The van der Waals surface area contributed by atoms with Crippen molar-refractivity contribution in [2.24, 2.45) is 7.05 Å². The van der Waals surface area contributed by atoms with Crippen LogP contribution in [-0.2, 0) is 7.05 Å². The number of nitrogens with one attached hydrogen (secondary N) is 1. The zero-order valence-corrected chi connectivity index (χ0v) is 7.07. The zero-order chi connectivity index (χ0) is 8.55. The number of rotatable bonds is 1. The van der Waals surface area contributed by atoms with Crippen molar-refractivity contribution in [2.45, 2.75) is 6.92 Å². The first-order chi connectivity index (χ1) is 5.77. The van der Waals surface area contributed by atoms with Crippen LogP contribution in [0.4, 0.5) is 0 Å². The number of hydrogen-bond donors (Lipinski definition) is 1. The lowest BCUT2D eigenvalue weighted by molar-refractivity contribution is 0.772. The molecule has 1 N–H and O–H groups in total. The highest BCUT2D eigenvalue weighted by atomic mass is 15.3. The lowest BCUT2D eigenvalue weighted by Gasteiger charge is -1.94. The SMILES string of the molecule is Cc1cc(-c2ccnn2C)n[nH]1. The second-order valence-corrected chi connectivity index (χ2v) is 2.78. The fourth-order valence-electron chi connectivity index (χ4n) is 1.17. The van der Waals surface area contributed by atoms with E-state index in [1.165, 1.54) is 0 Å². The van der Waals surface area contributed by atoms with Gasteiger partial charge in [-0.15, -0.1) is 0 Å². The van der Waals surface area contributed by atoms with Gasteiger partial charge in [-0.05, 0) is 19.1 Å². The molecule has 12 heavy (non-hydrogen) atoms. The molecule has 4 heteroatoms. The molecular formula is C8H10N4. The summed E-state index contributed by atoms with van der Waals surface area (Å²) >= 11 is 0. The molecule has 2 aromatic heterocycles. The number of aromatic nitrogens is 4. The largest absolute Gasteiger partial charge is 0.282 e. The van der Waals surface area contributed by atoms with E-state index in [4.69, 9.17) is 0 Å². The second-order valence-electron chi connectivity index (χ2n) is 2.78. The molecule has 0 aliphatic carbocycles. The monoisotopic (exact) mass is 162 g/mol. The average Bonchev–Trinajstić information content (AvgIpc) is 2.58. The molecule has 0 aliphatic heterocycles. The maximum atomic E-state index is 4.13. The molecule has 0 spiro atoms. The van der Waals surface area contributed by atoms with Gasteiger partial charge in [0.2, 0.25) is 0 Å². The highest BCUT2D eigenvalue weighted by Gasteiger charge is 2.04. The zero-order valence-electron chi connectivity index (χ0n) is 7.07. The summed E-state index contributed by atoms with van der Waals surface area (Å²) in [5, 5.41) is 11.1. The molecule has 0 fully saturated rings. The van der Waals surface area contributed by atoms with Crippen LogP contribution < -0.4 is 0 Å². The molecule has 62 valence electrons. The minimum Gasteiger partial charge on any atom is -0.282 e. The van der Waals surface area contributed by atoms with Gasteiger partial charge in [-0.2, -0.15) is 10.2 Å². The molecule has 2 aromatic rings. The molecule has 0 amide bonds. The van der Waals surface area contributed by atoms with Gasteiger partial charge in [0.15, 0.2) is 0 Å². The summed E-state index contributed by atoms with van der Waals surface area (Å²) in [6.45, 7) is 1.98. The summed E-state index contributed by atoms with van der Waals surface area (Å²) in [5.74, 6) is 0. The third-order valence-electron chi connectivity index (χ3n) is 1.79. The highest BCUT2D eigenvalue weighted by Crippen LogP contribution is 2.15. The number of nitrogens with zero attached hydrogens (tertiary/aromatic N) is 3. The van der Waals surface area contributed by atoms with E-state index < -0.39 is 0 Å². The van der Waals surface area contributed by atoms with Gasteiger partial charge in [0.1, 0.15) is 5.69 Å². The molecule has 2 rings (SSSR count). The van der Waals surface area contributed by atoms with Gasteiger partial charge < -0.3 is 0 Å². The van der Waals surface area contributed by atoms with Crippen LogP contribution >= 0.6 is 0 Å². The molecule has 0 atom stereocenters. The highest BCUT2D eigenvalue weighted by molar-refractivity contribution is 5.53. The Morgan fingerprint density at radius 1 is 1.50 bits per heavy atom. The molecule has 0 aromatic carbocycles. The van der Waals surface area contributed by atoms with Crippen molar-refractivity contribution in [3.8, 4) is 11.4 Å². The number of hydrogen-bond acceptors (Lipinski definition) is 2. The Morgan fingerprint density at radius 3 is 2.83 bits per heavy atom. The predicted octanol–water partition coefficient (Wildman–Crippen LogP) is 1.12. The van der Waals surface area contributed by atoms with Crippen LogP contribution in [0.2, 0.25) is 0 Å². The molecule has 0 radical (unpaired) electrons. The standard InChI is InChI=1S/C8H10N4/c1-6-5-7(11-10-6)8-3-4-9-12(8)2/h3-5H,1-2H3,(H,10,11). The van der Waals surface area contributed by atoms with E-state index in [-0.39, 0.29) is 0 Å². The van der Waals surface area contributed by atoms with Crippen LogP contribution in [0.5, 0.6) is 0 Å². The minimum atomic E-state index is 0.938. The van der Waals surface area contributed by atoms with Gasteiger partial charge >= 0.3 is 0 Å². The first kappa shape index (κ1) is 7.09. The van der Waals surface area contributed by atoms with Crippen LogP contribution in [0, 0.1) is 6.92 Å². The summed E-state index contributed by atoms with van der Waals surface area (Å²) in [6, 6.07) is 3.94. The summed E-state index contributed by atoms with van der Waals surface area (Å²) in [4.78, 5) is 0. The molecule has 0 saturated heterocycles. The lowest BCUT2D eigenvalue weighted by Crippen LogP contribution is -1.92. The van der Waals surface area contributed by atoms with Gasteiger partial charge in [-0.25, -0.2) is 0 Å². The average molecular weight is 162 g/mol. The Labute approximate surface area is 70.2 Å². The molecular weight excluding hydrogens is 152 g/mol. The van der Waals surface area contributed by atoms with Crippen molar-refractivity contribution in [2.75, 3.05) is 0 Å². The van der Waals surface area contributed by atoms with Crippen LogP contribution in [0.3, 0.4) is 0 Å². The molecule has 0 unspecified atom stereocenters. The maximum Gasteiger partial charge on any atom is 0.110 e. The molecule has 2 heterocycles. The first-order valence-electron chi connectivity index (χ1n) is 3.78. The third kappa shape index (κ3) is 1.01. The fourth-order valence-corrected chi connectivity index (χ4v) is 1.17. The van der Waals surface area contributed by atoms with E-state index in [2.05, 4.69) is 15.3 Å². The van der Waals surface area contributed by atoms with E-state index >= 15 is 0 Å². The quantitative estimate of drug-likeness (QED) is 0.683. The van der Waals surface area contributed by atoms with E-state index in [0.717, 1.165) is 17.1 Å². The normalized spacial score (nSPS) is 10.5. The number of aryl methyl sites for hydroxylation is 2. The van der Waals surface area contributed by atoms with Gasteiger partial charge in [0.25, 0.3) is 0 Å².